The average molecular weight is 514 g/mol. The fourth-order valence-corrected chi connectivity index (χ4v) is 7.31. The second kappa shape index (κ2) is 10.9. The quantitative estimate of drug-likeness (QED) is 0.191. The topological polar surface area (TPSA) is 67.1 Å². The molecule has 0 spiro atoms. The molecular formula is C30H31N3O3S. The number of hydrogen-bond donors (Lipinski definition) is 2. The lowest BCUT2D eigenvalue weighted by molar-refractivity contribution is 0.217. The SMILES string of the molecule is O=c1cc(-c2ccccc2)c2ccc(OCCCCN3CCNC([SH]4N=Cc5ccccc54)C3)cc2o1. The van der Waals surface area contributed by atoms with Crippen LogP contribution < -0.4 is 15.7 Å². The van der Waals surface area contributed by atoms with E-state index in [0.29, 0.717) is 17.6 Å². The van der Waals surface area contributed by atoms with Gasteiger partial charge in [0, 0.05) is 53.8 Å². The van der Waals surface area contributed by atoms with Gasteiger partial charge in [0.25, 0.3) is 0 Å². The first-order valence-corrected chi connectivity index (χ1v) is 14.3. The van der Waals surface area contributed by atoms with E-state index in [1.807, 2.05) is 54.7 Å². The van der Waals surface area contributed by atoms with Crippen LogP contribution >= 0.6 is 11.1 Å². The van der Waals surface area contributed by atoms with Gasteiger partial charge in [0.15, 0.2) is 0 Å². The van der Waals surface area contributed by atoms with E-state index in [0.717, 1.165) is 61.3 Å². The van der Waals surface area contributed by atoms with Crippen molar-refractivity contribution in [3.05, 3.63) is 94.8 Å². The van der Waals surface area contributed by atoms with Crippen LogP contribution in [0.1, 0.15) is 18.4 Å². The molecule has 2 atom stereocenters. The molecule has 0 saturated carbocycles. The Labute approximate surface area is 219 Å². The van der Waals surface area contributed by atoms with E-state index in [1.165, 1.54) is 10.5 Å². The monoisotopic (exact) mass is 513 g/mol. The molecule has 2 aliphatic rings. The molecule has 1 saturated heterocycles. The maximum Gasteiger partial charge on any atom is 0.336 e. The summed E-state index contributed by atoms with van der Waals surface area (Å²) in [6.45, 7) is 4.80. The molecule has 0 amide bonds. The Morgan fingerprint density at radius 2 is 1.89 bits per heavy atom. The molecule has 6 rings (SSSR count). The highest BCUT2D eigenvalue weighted by Gasteiger charge is 2.28. The van der Waals surface area contributed by atoms with Gasteiger partial charge in [-0.2, -0.15) is 0 Å². The van der Waals surface area contributed by atoms with Crippen molar-refractivity contribution >= 4 is 28.3 Å². The second-order valence-electron chi connectivity index (χ2n) is 9.48. The molecule has 0 bridgehead atoms. The molecule has 37 heavy (non-hydrogen) atoms. The van der Waals surface area contributed by atoms with Crippen molar-refractivity contribution < 1.29 is 9.15 Å². The first-order valence-electron chi connectivity index (χ1n) is 12.9. The fourth-order valence-electron chi connectivity index (χ4n) is 5.11. The first kappa shape index (κ1) is 24.0. The maximum absolute atomic E-state index is 12.2. The number of piperazine rings is 1. The van der Waals surface area contributed by atoms with Gasteiger partial charge in [-0.25, -0.2) is 9.19 Å². The summed E-state index contributed by atoms with van der Waals surface area (Å²) in [5.74, 6) is 0.726. The molecule has 2 unspecified atom stereocenters. The number of ether oxygens (including phenoxy) is 1. The lowest BCUT2D eigenvalue weighted by Gasteiger charge is -2.37. The Bertz CT molecular complexity index is 1470. The summed E-state index contributed by atoms with van der Waals surface area (Å²) in [4.78, 5) is 16.1. The number of rotatable bonds is 8. The average Bonchev–Trinajstić information content (AvgIpc) is 3.37. The summed E-state index contributed by atoms with van der Waals surface area (Å²) < 4.78 is 16.4. The molecule has 3 aromatic carbocycles. The first-order chi connectivity index (χ1) is 18.2. The van der Waals surface area contributed by atoms with Crippen LogP contribution in [0, 0.1) is 0 Å². The largest absolute Gasteiger partial charge is 0.493 e. The molecule has 1 fully saturated rings. The highest BCUT2D eigenvalue weighted by Crippen LogP contribution is 2.47. The van der Waals surface area contributed by atoms with E-state index in [1.54, 1.807) is 6.07 Å². The highest BCUT2D eigenvalue weighted by atomic mass is 32.2. The zero-order chi connectivity index (χ0) is 25.0. The molecule has 7 heteroatoms. The number of thiol groups is 1. The van der Waals surface area contributed by atoms with Gasteiger partial charge < -0.3 is 14.5 Å². The highest BCUT2D eigenvalue weighted by molar-refractivity contribution is 8.16. The molecule has 190 valence electrons. The predicted molar refractivity (Wildman–Crippen MR) is 152 cm³/mol. The normalized spacial score (nSPS) is 20.2. The van der Waals surface area contributed by atoms with E-state index in [2.05, 4.69) is 34.5 Å². The summed E-state index contributed by atoms with van der Waals surface area (Å²) in [6.07, 6.45) is 4.08. The van der Waals surface area contributed by atoms with Gasteiger partial charge in [-0.15, -0.1) is 11.1 Å². The minimum absolute atomic E-state index is 0.356. The Hall–Kier alpha value is -3.39. The van der Waals surface area contributed by atoms with Crippen molar-refractivity contribution in [2.45, 2.75) is 23.1 Å². The van der Waals surface area contributed by atoms with E-state index >= 15 is 0 Å². The summed E-state index contributed by atoms with van der Waals surface area (Å²) in [5, 5.41) is 5.02. The van der Waals surface area contributed by atoms with Gasteiger partial charge in [-0.3, -0.25) is 4.90 Å². The third kappa shape index (κ3) is 5.34. The summed E-state index contributed by atoms with van der Waals surface area (Å²) in [5.41, 5.74) is 3.34. The fraction of sp³-hybridized carbons (Fsp3) is 0.267. The summed E-state index contributed by atoms with van der Waals surface area (Å²) >= 11 is -0.531. The van der Waals surface area contributed by atoms with Crippen molar-refractivity contribution in [1.29, 1.82) is 0 Å². The van der Waals surface area contributed by atoms with Crippen LogP contribution in [0.4, 0.5) is 0 Å². The minimum Gasteiger partial charge on any atom is -0.493 e. The van der Waals surface area contributed by atoms with Crippen LogP contribution in [-0.2, 0) is 0 Å². The Kier molecular flexibility index (Phi) is 7.08. The number of nitrogens with one attached hydrogen (secondary N) is 1. The van der Waals surface area contributed by atoms with Crippen LogP contribution in [0.15, 0.2) is 97.4 Å². The minimum atomic E-state index is -0.531. The van der Waals surface area contributed by atoms with Gasteiger partial charge in [-0.1, -0.05) is 48.5 Å². The van der Waals surface area contributed by atoms with Crippen LogP contribution in [0.5, 0.6) is 5.75 Å². The number of unbranched alkanes of at least 4 members (excludes halogenated alkanes) is 1. The Morgan fingerprint density at radius 3 is 2.81 bits per heavy atom. The van der Waals surface area contributed by atoms with Crippen molar-refractivity contribution in [3.8, 4) is 16.9 Å². The molecule has 2 aliphatic heterocycles. The summed E-state index contributed by atoms with van der Waals surface area (Å²) in [6, 6.07) is 25.8. The van der Waals surface area contributed by atoms with E-state index < -0.39 is 11.1 Å². The van der Waals surface area contributed by atoms with Gasteiger partial charge >= 0.3 is 5.63 Å². The van der Waals surface area contributed by atoms with Crippen LogP contribution in [0.3, 0.4) is 0 Å². The molecule has 1 N–H and O–H groups in total. The van der Waals surface area contributed by atoms with Crippen molar-refractivity contribution in [3.63, 3.8) is 0 Å². The van der Waals surface area contributed by atoms with Gasteiger partial charge in [0.2, 0.25) is 0 Å². The molecule has 1 aromatic heterocycles. The zero-order valence-corrected chi connectivity index (χ0v) is 21.6. The smallest absolute Gasteiger partial charge is 0.336 e. The van der Waals surface area contributed by atoms with E-state index in [4.69, 9.17) is 13.6 Å². The Morgan fingerprint density at radius 1 is 1.03 bits per heavy atom. The third-order valence-electron chi connectivity index (χ3n) is 6.98. The number of fused-ring (bicyclic) bond motifs is 2. The van der Waals surface area contributed by atoms with Crippen LogP contribution in [0.2, 0.25) is 0 Å². The third-order valence-corrected chi connectivity index (χ3v) is 9.18. The molecular weight excluding hydrogens is 482 g/mol. The maximum atomic E-state index is 12.2. The molecule has 0 aliphatic carbocycles. The van der Waals surface area contributed by atoms with Gasteiger partial charge in [0.1, 0.15) is 11.3 Å². The van der Waals surface area contributed by atoms with Gasteiger partial charge in [-0.05, 0) is 48.7 Å². The predicted octanol–water partition coefficient (Wildman–Crippen LogP) is 5.26. The Balaban J connectivity index is 1.01. The van der Waals surface area contributed by atoms with Gasteiger partial charge in [0.05, 0.1) is 12.0 Å². The van der Waals surface area contributed by atoms with E-state index in [-0.39, 0.29) is 5.63 Å². The number of hydrogen-bond acceptors (Lipinski definition) is 6. The molecule has 6 nitrogen and oxygen atoms in total. The number of benzene rings is 3. The lowest BCUT2D eigenvalue weighted by Crippen LogP contribution is -2.50. The number of nitrogens with zero attached hydrogens (tertiary/aromatic N) is 2. The molecule has 3 heterocycles. The standard InChI is InChI=1S/C30H31N3O3S/c34-30-19-26(22-8-2-1-3-9-22)25-13-12-24(18-27(25)36-30)35-17-7-6-15-33-16-14-31-29(21-33)37-28-11-5-4-10-23(28)20-32-37/h1-5,8-13,18-20,29,31,37H,6-7,14-17,21H2. The summed E-state index contributed by atoms with van der Waals surface area (Å²) in [7, 11) is 0. The zero-order valence-electron chi connectivity index (χ0n) is 20.7. The lowest BCUT2D eigenvalue weighted by atomic mass is 10.0. The van der Waals surface area contributed by atoms with Crippen LogP contribution in [0.25, 0.3) is 22.1 Å². The second-order valence-corrected chi connectivity index (χ2v) is 11.5. The van der Waals surface area contributed by atoms with E-state index in [9.17, 15) is 4.79 Å². The molecule has 4 aromatic rings. The van der Waals surface area contributed by atoms with Crippen molar-refractivity contribution in [1.82, 2.24) is 10.2 Å². The van der Waals surface area contributed by atoms with Crippen molar-refractivity contribution in [2.24, 2.45) is 4.40 Å². The van der Waals surface area contributed by atoms with Crippen molar-refractivity contribution in [2.75, 3.05) is 32.8 Å². The van der Waals surface area contributed by atoms with Crippen LogP contribution in [-0.4, -0.2) is 49.3 Å². The molecule has 0 radical (unpaired) electrons.